The minimum Gasteiger partial charge on any atom is -0.324 e. The first-order valence-electron chi connectivity index (χ1n) is 10.2. The van der Waals surface area contributed by atoms with Crippen LogP contribution in [0.1, 0.15) is 34.8 Å². The first-order chi connectivity index (χ1) is 15.3. The number of sulfonamides is 1. The Morgan fingerprint density at radius 3 is 2.56 bits per heavy atom. The fourth-order valence-corrected chi connectivity index (χ4v) is 4.87. The molecule has 6 nitrogen and oxygen atoms in total. The Morgan fingerprint density at radius 1 is 1.06 bits per heavy atom. The van der Waals surface area contributed by atoms with E-state index in [-0.39, 0.29) is 16.1 Å². The number of carbonyl (C=O) groups is 1. The van der Waals surface area contributed by atoms with Crippen LogP contribution in [0.5, 0.6) is 0 Å². The maximum Gasteiger partial charge on any atom is 0.286 e. The minimum absolute atomic E-state index is 0.0133. The van der Waals surface area contributed by atoms with Crippen molar-refractivity contribution in [1.82, 2.24) is 0 Å². The van der Waals surface area contributed by atoms with Crippen LogP contribution in [0, 0.1) is 12.7 Å². The van der Waals surface area contributed by atoms with Crippen LogP contribution in [0.2, 0.25) is 0 Å². The lowest BCUT2D eigenvalue weighted by Gasteiger charge is -2.31. The van der Waals surface area contributed by atoms with Crippen LogP contribution in [-0.2, 0) is 10.0 Å². The molecule has 0 fully saturated rings. The highest BCUT2D eigenvalue weighted by atomic mass is 32.2. The van der Waals surface area contributed by atoms with Gasteiger partial charge in [0.05, 0.1) is 5.69 Å². The second-order valence-electron chi connectivity index (χ2n) is 7.56. The summed E-state index contributed by atoms with van der Waals surface area (Å²) in [5, 5.41) is 2.63. The number of aryl methyl sites for hydroxylation is 1. The van der Waals surface area contributed by atoms with Gasteiger partial charge in [0, 0.05) is 23.4 Å². The number of hydrogen-bond acceptors (Lipinski definition) is 4. The third-order valence-electron chi connectivity index (χ3n) is 5.06. The summed E-state index contributed by atoms with van der Waals surface area (Å²) in [5.41, 5.74) is 2.64. The molecule has 0 unspecified atom stereocenters. The number of amidine groups is 1. The zero-order valence-corrected chi connectivity index (χ0v) is 18.5. The number of halogens is 1. The van der Waals surface area contributed by atoms with Gasteiger partial charge in [0.2, 0.25) is 0 Å². The molecule has 3 aromatic carbocycles. The molecule has 0 saturated carbocycles. The molecule has 1 aliphatic rings. The summed E-state index contributed by atoms with van der Waals surface area (Å²) >= 11 is 0. The molecule has 0 aromatic heterocycles. The molecule has 1 aliphatic heterocycles. The number of carbonyl (C=O) groups excluding carboxylic acids is 1. The molecule has 164 valence electrons. The van der Waals surface area contributed by atoms with E-state index >= 15 is 0 Å². The molecule has 32 heavy (non-hydrogen) atoms. The van der Waals surface area contributed by atoms with Crippen LogP contribution in [0.4, 0.5) is 15.8 Å². The molecule has 1 amide bonds. The minimum atomic E-state index is -4.00. The van der Waals surface area contributed by atoms with Gasteiger partial charge in [-0.3, -0.25) is 4.79 Å². The number of hydrogen-bond donors (Lipinski definition) is 1. The Kier molecular flexibility index (Phi) is 5.80. The highest BCUT2D eigenvalue weighted by Crippen LogP contribution is 2.35. The van der Waals surface area contributed by atoms with E-state index in [0.717, 1.165) is 23.6 Å². The largest absolute Gasteiger partial charge is 0.324 e. The molecule has 1 heterocycles. The third-order valence-corrected chi connectivity index (χ3v) is 6.36. The lowest BCUT2D eigenvalue weighted by molar-refractivity contribution is 0.102. The third kappa shape index (κ3) is 4.27. The number of anilines is 2. The predicted molar refractivity (Wildman–Crippen MR) is 123 cm³/mol. The quantitative estimate of drug-likeness (QED) is 0.607. The molecule has 0 atom stereocenters. The average Bonchev–Trinajstić information content (AvgIpc) is 2.76. The zero-order chi connectivity index (χ0) is 22.9. The average molecular weight is 452 g/mol. The Bertz CT molecular complexity index is 1340. The smallest absolute Gasteiger partial charge is 0.286 e. The van der Waals surface area contributed by atoms with Crippen molar-refractivity contribution in [2.75, 3.05) is 16.8 Å². The van der Waals surface area contributed by atoms with Gasteiger partial charge in [0.25, 0.3) is 15.9 Å². The molecular formula is C24H22FN3O3S. The van der Waals surface area contributed by atoms with Crippen molar-refractivity contribution >= 4 is 33.1 Å². The zero-order valence-electron chi connectivity index (χ0n) is 17.7. The van der Waals surface area contributed by atoms with Crippen LogP contribution < -0.4 is 10.2 Å². The van der Waals surface area contributed by atoms with Gasteiger partial charge in [-0.2, -0.15) is 8.42 Å². The van der Waals surface area contributed by atoms with Gasteiger partial charge in [-0.1, -0.05) is 36.8 Å². The lowest BCUT2D eigenvalue weighted by Crippen LogP contribution is -2.37. The van der Waals surface area contributed by atoms with Crippen LogP contribution >= 0.6 is 0 Å². The highest BCUT2D eigenvalue weighted by Gasteiger charge is 2.31. The second kappa shape index (κ2) is 8.55. The van der Waals surface area contributed by atoms with Gasteiger partial charge < -0.3 is 10.2 Å². The normalized spacial score (nSPS) is 14.5. The van der Waals surface area contributed by atoms with E-state index < -0.39 is 21.7 Å². The maximum atomic E-state index is 13.4. The maximum absolute atomic E-state index is 13.4. The number of amides is 1. The SMILES string of the molecule is CCCN1C(c2cccc(C)c2)=NS(=O)(=O)c2cc(NC(=O)c3cccc(F)c3)ccc21. The van der Waals surface area contributed by atoms with Gasteiger partial charge in [-0.15, -0.1) is 4.40 Å². The standard InChI is InChI=1S/C24H22FN3O3S/c1-3-12-28-21-11-10-20(26-24(29)18-8-5-9-19(25)14-18)15-22(21)32(30,31)27-23(28)17-7-4-6-16(2)13-17/h4-11,13-15H,3,12H2,1-2H3,(H,26,29). The number of nitrogens with one attached hydrogen (secondary N) is 1. The summed E-state index contributed by atoms with van der Waals surface area (Å²) in [6.45, 7) is 4.52. The van der Waals surface area contributed by atoms with Gasteiger partial charge in [0.1, 0.15) is 10.7 Å². The first kappa shape index (κ1) is 21.7. The fourth-order valence-electron chi connectivity index (χ4n) is 3.62. The van der Waals surface area contributed by atoms with E-state index in [1.807, 2.05) is 43.0 Å². The van der Waals surface area contributed by atoms with E-state index in [9.17, 15) is 17.6 Å². The van der Waals surface area contributed by atoms with Crippen molar-refractivity contribution in [3.8, 4) is 0 Å². The lowest BCUT2D eigenvalue weighted by atomic mass is 10.1. The second-order valence-corrected chi connectivity index (χ2v) is 9.13. The molecule has 4 rings (SSSR count). The van der Waals surface area contributed by atoms with E-state index in [1.54, 1.807) is 12.1 Å². The number of nitrogens with zero attached hydrogens (tertiary/aromatic N) is 2. The van der Waals surface area contributed by atoms with Crippen molar-refractivity contribution < 1.29 is 17.6 Å². The first-order valence-corrected chi connectivity index (χ1v) is 11.6. The summed E-state index contributed by atoms with van der Waals surface area (Å²) in [5.74, 6) is -0.689. The molecule has 0 aliphatic carbocycles. The summed E-state index contributed by atoms with van der Waals surface area (Å²) < 4.78 is 43.7. The van der Waals surface area contributed by atoms with E-state index in [1.165, 1.54) is 24.3 Å². The molecule has 0 saturated heterocycles. The van der Waals surface area contributed by atoms with Gasteiger partial charge >= 0.3 is 0 Å². The van der Waals surface area contributed by atoms with E-state index in [2.05, 4.69) is 9.71 Å². The highest BCUT2D eigenvalue weighted by molar-refractivity contribution is 7.90. The summed E-state index contributed by atoms with van der Waals surface area (Å²) in [4.78, 5) is 14.4. The topological polar surface area (TPSA) is 78.8 Å². The molecule has 1 N–H and O–H groups in total. The van der Waals surface area contributed by atoms with Gasteiger partial charge in [-0.25, -0.2) is 4.39 Å². The predicted octanol–water partition coefficient (Wildman–Crippen LogP) is 4.75. The van der Waals surface area contributed by atoms with E-state index in [0.29, 0.717) is 18.1 Å². The number of fused-ring (bicyclic) bond motifs is 1. The molecular weight excluding hydrogens is 429 g/mol. The van der Waals surface area contributed by atoms with E-state index in [4.69, 9.17) is 0 Å². The Hall–Kier alpha value is -3.52. The van der Waals surface area contributed by atoms with Crippen molar-refractivity contribution in [1.29, 1.82) is 0 Å². The van der Waals surface area contributed by atoms with Gasteiger partial charge in [-0.05, 0) is 55.8 Å². The monoisotopic (exact) mass is 451 g/mol. The van der Waals surface area contributed by atoms with Crippen LogP contribution in [0.3, 0.4) is 0 Å². The summed E-state index contributed by atoms with van der Waals surface area (Å²) in [6, 6.07) is 17.5. The molecule has 0 bridgehead atoms. The molecule has 0 radical (unpaired) electrons. The van der Waals surface area contributed by atoms with Crippen molar-refractivity contribution in [3.05, 3.63) is 89.2 Å². The Balaban J connectivity index is 1.74. The molecule has 8 heteroatoms. The van der Waals surface area contributed by atoms with Crippen molar-refractivity contribution in [2.24, 2.45) is 4.40 Å². The number of rotatable bonds is 5. The Labute approximate surface area is 186 Å². The summed E-state index contributed by atoms with van der Waals surface area (Å²) in [6.07, 6.45) is 0.780. The summed E-state index contributed by atoms with van der Waals surface area (Å²) in [7, 11) is -4.00. The molecule has 3 aromatic rings. The van der Waals surface area contributed by atoms with Crippen molar-refractivity contribution in [3.63, 3.8) is 0 Å². The van der Waals surface area contributed by atoms with Crippen molar-refractivity contribution in [2.45, 2.75) is 25.2 Å². The Morgan fingerprint density at radius 2 is 1.84 bits per heavy atom. The fraction of sp³-hybridized carbons (Fsp3) is 0.167. The van der Waals surface area contributed by atoms with Crippen LogP contribution in [0.15, 0.2) is 76.0 Å². The van der Waals surface area contributed by atoms with Crippen LogP contribution in [-0.4, -0.2) is 26.7 Å². The van der Waals surface area contributed by atoms with Crippen LogP contribution in [0.25, 0.3) is 0 Å². The van der Waals surface area contributed by atoms with Gasteiger partial charge in [0.15, 0.2) is 5.84 Å². The molecule has 0 spiro atoms. The number of benzene rings is 3.